The Hall–Kier alpha value is -2.94. The van der Waals surface area contributed by atoms with Crippen LogP contribution in [0.4, 0.5) is 8.78 Å². The SMILES string of the molecule is CC(O)(C(F)F)[C@H](NC(=O)c1ccc(C#CC#CC2CC2)cc1)C(=O)NO. The van der Waals surface area contributed by atoms with Crippen LogP contribution in [0.3, 0.4) is 0 Å². The molecule has 2 rings (SSSR count). The first kappa shape index (κ1) is 20.4. The average Bonchev–Trinajstić information content (AvgIpc) is 3.47. The van der Waals surface area contributed by atoms with Gasteiger partial charge >= 0.3 is 0 Å². The van der Waals surface area contributed by atoms with Crippen LogP contribution in [0.15, 0.2) is 24.3 Å². The second-order valence-electron chi connectivity index (χ2n) is 6.28. The molecule has 0 aromatic heterocycles. The first-order chi connectivity index (χ1) is 12.8. The summed E-state index contributed by atoms with van der Waals surface area (Å²) in [6.45, 7) is 0.680. The molecule has 8 heteroatoms. The molecule has 1 aromatic carbocycles. The molecule has 1 fully saturated rings. The van der Waals surface area contributed by atoms with E-state index in [1.54, 1.807) is 0 Å². The van der Waals surface area contributed by atoms with Crippen molar-refractivity contribution in [3.63, 3.8) is 0 Å². The largest absolute Gasteiger partial charge is 0.381 e. The van der Waals surface area contributed by atoms with E-state index < -0.39 is 29.9 Å². The highest BCUT2D eigenvalue weighted by molar-refractivity contribution is 5.97. The number of hydrogen-bond donors (Lipinski definition) is 4. The highest BCUT2D eigenvalue weighted by Gasteiger charge is 2.46. The molecule has 0 spiro atoms. The number of amides is 2. The van der Waals surface area contributed by atoms with Crippen molar-refractivity contribution in [2.45, 2.75) is 37.8 Å². The molecule has 0 aliphatic heterocycles. The third-order valence-corrected chi connectivity index (χ3v) is 3.94. The van der Waals surface area contributed by atoms with Gasteiger partial charge in [-0.3, -0.25) is 14.8 Å². The van der Waals surface area contributed by atoms with E-state index in [1.165, 1.54) is 24.3 Å². The van der Waals surface area contributed by atoms with Gasteiger partial charge in [0, 0.05) is 17.0 Å². The number of benzene rings is 1. The standard InChI is InChI=1S/C19H18F2N2O4/c1-19(26,18(20)21)15(17(25)23-27)22-16(24)14-10-8-13(9-11-14)5-3-2-4-12-6-7-12/h8-12,15,18,26-27H,6-7H2,1H3,(H,22,24)(H,23,25)/t15-,19?/m1/s1. The molecule has 0 bridgehead atoms. The molecule has 0 radical (unpaired) electrons. The first-order valence-corrected chi connectivity index (χ1v) is 8.12. The van der Waals surface area contributed by atoms with Crippen LogP contribution in [0.5, 0.6) is 0 Å². The number of carbonyl (C=O) groups is 2. The van der Waals surface area contributed by atoms with Crippen LogP contribution >= 0.6 is 0 Å². The van der Waals surface area contributed by atoms with Crippen molar-refractivity contribution in [1.29, 1.82) is 0 Å². The van der Waals surface area contributed by atoms with Gasteiger partial charge in [0.1, 0.15) is 6.04 Å². The molecule has 0 heterocycles. The van der Waals surface area contributed by atoms with Crippen molar-refractivity contribution < 1.29 is 28.7 Å². The highest BCUT2D eigenvalue weighted by Crippen LogP contribution is 2.27. The summed E-state index contributed by atoms with van der Waals surface area (Å²) in [5.74, 6) is 9.44. The molecule has 1 aromatic rings. The van der Waals surface area contributed by atoms with Gasteiger partial charge < -0.3 is 10.4 Å². The third kappa shape index (κ3) is 5.52. The molecule has 1 unspecified atom stereocenters. The lowest BCUT2D eigenvalue weighted by Crippen LogP contribution is -2.61. The number of aliphatic hydroxyl groups is 1. The fourth-order valence-corrected chi connectivity index (χ4v) is 2.06. The van der Waals surface area contributed by atoms with Crippen molar-refractivity contribution in [3.8, 4) is 23.7 Å². The monoisotopic (exact) mass is 376 g/mol. The van der Waals surface area contributed by atoms with E-state index in [2.05, 4.69) is 23.7 Å². The number of rotatable bonds is 5. The number of alkyl halides is 2. The fraction of sp³-hybridized carbons (Fsp3) is 0.368. The minimum absolute atomic E-state index is 0.0606. The van der Waals surface area contributed by atoms with Crippen LogP contribution in [0, 0.1) is 29.6 Å². The van der Waals surface area contributed by atoms with Gasteiger partial charge in [0.05, 0.1) is 0 Å². The molecule has 1 aliphatic rings. The maximum Gasteiger partial charge on any atom is 0.269 e. The quantitative estimate of drug-likeness (QED) is 0.351. The Morgan fingerprint density at radius 3 is 2.37 bits per heavy atom. The summed E-state index contributed by atoms with van der Waals surface area (Å²) >= 11 is 0. The van der Waals surface area contributed by atoms with Crippen molar-refractivity contribution in [2.24, 2.45) is 5.92 Å². The van der Waals surface area contributed by atoms with Crippen LogP contribution < -0.4 is 10.8 Å². The zero-order valence-electron chi connectivity index (χ0n) is 14.4. The molecule has 1 aliphatic carbocycles. The predicted molar refractivity (Wildman–Crippen MR) is 91.6 cm³/mol. The van der Waals surface area contributed by atoms with Gasteiger partial charge in [-0.05, 0) is 55.9 Å². The summed E-state index contributed by atoms with van der Waals surface area (Å²) in [4.78, 5) is 23.8. The van der Waals surface area contributed by atoms with Crippen LogP contribution in [0.2, 0.25) is 0 Å². The van der Waals surface area contributed by atoms with E-state index in [0.717, 1.165) is 18.3 Å². The average molecular weight is 376 g/mol. The van der Waals surface area contributed by atoms with E-state index >= 15 is 0 Å². The topological polar surface area (TPSA) is 98.7 Å². The zero-order valence-corrected chi connectivity index (χ0v) is 14.4. The van der Waals surface area contributed by atoms with Gasteiger partial charge in [-0.2, -0.15) is 0 Å². The molecule has 4 N–H and O–H groups in total. The summed E-state index contributed by atoms with van der Waals surface area (Å²) in [6.07, 6.45) is -1.13. The lowest BCUT2D eigenvalue weighted by molar-refractivity contribution is -0.149. The van der Waals surface area contributed by atoms with Crippen LogP contribution in [0.1, 0.15) is 35.7 Å². The second kappa shape index (κ2) is 8.63. The molecule has 6 nitrogen and oxygen atoms in total. The van der Waals surface area contributed by atoms with Crippen molar-refractivity contribution in [2.75, 3.05) is 0 Å². The summed E-state index contributed by atoms with van der Waals surface area (Å²) < 4.78 is 26.0. The van der Waals surface area contributed by atoms with Crippen LogP contribution in [0.25, 0.3) is 0 Å². The molecule has 2 amide bonds. The van der Waals surface area contributed by atoms with Gasteiger partial charge in [0.25, 0.3) is 18.2 Å². The predicted octanol–water partition coefficient (Wildman–Crippen LogP) is 1.07. The van der Waals surface area contributed by atoms with Crippen LogP contribution in [-0.2, 0) is 4.79 Å². The van der Waals surface area contributed by atoms with Gasteiger partial charge in [-0.25, -0.2) is 14.3 Å². The normalized spacial score (nSPS) is 16.1. The number of hydroxylamine groups is 1. The first-order valence-electron chi connectivity index (χ1n) is 8.12. The zero-order chi connectivity index (χ0) is 20.0. The molecule has 0 saturated heterocycles. The van der Waals surface area contributed by atoms with Crippen LogP contribution in [-0.4, -0.2) is 40.2 Å². The molecule has 142 valence electrons. The lowest BCUT2D eigenvalue weighted by atomic mass is 9.95. The van der Waals surface area contributed by atoms with E-state index in [1.807, 2.05) is 5.32 Å². The number of hydrogen-bond acceptors (Lipinski definition) is 4. The Labute approximate surface area is 154 Å². The third-order valence-electron chi connectivity index (χ3n) is 3.94. The molecule has 2 atom stereocenters. The maximum atomic E-state index is 13.0. The molecule has 27 heavy (non-hydrogen) atoms. The molecule has 1 saturated carbocycles. The number of halogens is 2. The van der Waals surface area contributed by atoms with Crippen molar-refractivity contribution in [3.05, 3.63) is 35.4 Å². The minimum atomic E-state index is -3.34. The summed E-state index contributed by atoms with van der Waals surface area (Å²) in [6, 6.07) is 3.78. The van der Waals surface area contributed by atoms with Gasteiger partial charge in [-0.1, -0.05) is 11.8 Å². The Morgan fingerprint density at radius 2 is 1.85 bits per heavy atom. The number of carbonyl (C=O) groups excluding carboxylic acids is 2. The second-order valence-corrected chi connectivity index (χ2v) is 6.28. The summed E-state index contributed by atoms with van der Waals surface area (Å²) in [5, 5.41) is 20.5. The van der Waals surface area contributed by atoms with E-state index in [9.17, 15) is 23.5 Å². The van der Waals surface area contributed by atoms with E-state index in [4.69, 9.17) is 5.21 Å². The van der Waals surface area contributed by atoms with Crippen molar-refractivity contribution >= 4 is 11.8 Å². The minimum Gasteiger partial charge on any atom is -0.381 e. The lowest BCUT2D eigenvalue weighted by Gasteiger charge is -2.30. The Kier molecular flexibility index (Phi) is 6.51. The Morgan fingerprint density at radius 1 is 1.22 bits per heavy atom. The van der Waals surface area contributed by atoms with Crippen molar-refractivity contribution in [1.82, 2.24) is 10.8 Å². The maximum absolute atomic E-state index is 13.0. The van der Waals surface area contributed by atoms with E-state index in [-0.39, 0.29) is 5.56 Å². The summed E-state index contributed by atoms with van der Waals surface area (Å²) in [7, 11) is 0. The van der Waals surface area contributed by atoms with E-state index in [0.29, 0.717) is 18.4 Å². The van der Waals surface area contributed by atoms with Gasteiger partial charge in [0.2, 0.25) is 0 Å². The Bertz CT molecular complexity index is 825. The molecular formula is C19H18F2N2O4. The van der Waals surface area contributed by atoms with Gasteiger partial charge in [-0.15, -0.1) is 0 Å². The molecular weight excluding hydrogens is 358 g/mol. The Balaban J connectivity index is 2.09. The highest BCUT2D eigenvalue weighted by atomic mass is 19.3. The van der Waals surface area contributed by atoms with Gasteiger partial charge in [0.15, 0.2) is 5.60 Å². The summed E-state index contributed by atoms with van der Waals surface area (Å²) in [5.41, 5.74) is -1.07. The smallest absolute Gasteiger partial charge is 0.269 e. The fourth-order valence-electron chi connectivity index (χ4n) is 2.06. The number of nitrogens with one attached hydrogen (secondary N) is 2.